The molecule has 0 aliphatic rings. The van der Waals surface area contributed by atoms with Crippen LogP contribution in [-0.4, -0.2) is 0 Å². The molecule has 1 unspecified atom stereocenters. The number of hydrogen-bond donors (Lipinski definition) is 0. The zero-order chi connectivity index (χ0) is 11.4. The van der Waals surface area contributed by atoms with Gasteiger partial charge in [0, 0.05) is 0 Å². The Bertz CT molecular complexity index is 380. The molecule has 1 rings (SSSR count). The van der Waals surface area contributed by atoms with E-state index >= 15 is 0 Å². The molecule has 1 aromatic rings. The van der Waals surface area contributed by atoms with Crippen molar-refractivity contribution in [1.82, 2.24) is 0 Å². The van der Waals surface area contributed by atoms with E-state index in [2.05, 4.69) is 6.07 Å². The van der Waals surface area contributed by atoms with Gasteiger partial charge < -0.3 is 0 Å². The number of rotatable bonds is 3. The van der Waals surface area contributed by atoms with E-state index in [1.165, 1.54) is 6.07 Å². The minimum absolute atomic E-state index is 0.158. The summed E-state index contributed by atoms with van der Waals surface area (Å²) in [6, 6.07) is 5.94. The fraction of sp³-hybridized carbons (Fsp3) is 0.417. The molecule has 15 heavy (non-hydrogen) atoms. The van der Waals surface area contributed by atoms with Crippen LogP contribution in [0.5, 0.6) is 0 Å². The maximum atomic E-state index is 12.9. The second kappa shape index (κ2) is 4.88. The lowest BCUT2D eigenvalue weighted by Gasteiger charge is -2.12. The van der Waals surface area contributed by atoms with Crippen molar-refractivity contribution in [2.75, 3.05) is 0 Å². The zero-order valence-electron chi connectivity index (χ0n) is 8.80. The van der Waals surface area contributed by atoms with Crippen LogP contribution in [0.15, 0.2) is 18.2 Å². The lowest BCUT2D eigenvalue weighted by atomic mass is 9.90. The van der Waals surface area contributed by atoms with Crippen LogP contribution in [-0.2, 0) is 6.42 Å². The average Bonchev–Trinajstić information content (AvgIpc) is 2.19. The Morgan fingerprint density at radius 2 is 1.93 bits per heavy atom. The molecule has 0 aliphatic carbocycles. The van der Waals surface area contributed by atoms with Crippen LogP contribution >= 0.6 is 0 Å². The Kier molecular flexibility index (Phi) is 3.79. The Balaban J connectivity index is 2.81. The van der Waals surface area contributed by atoms with E-state index in [9.17, 15) is 8.78 Å². The van der Waals surface area contributed by atoms with Crippen molar-refractivity contribution in [3.05, 3.63) is 35.4 Å². The smallest absolute Gasteiger partial charge is 0.159 e. The first-order chi connectivity index (χ1) is 7.04. The molecule has 1 nitrogen and oxygen atoms in total. The van der Waals surface area contributed by atoms with Crippen LogP contribution in [0.25, 0.3) is 0 Å². The molecule has 1 aromatic carbocycles. The van der Waals surface area contributed by atoms with Gasteiger partial charge >= 0.3 is 0 Å². The van der Waals surface area contributed by atoms with Gasteiger partial charge in [0.2, 0.25) is 0 Å². The second-order valence-corrected chi connectivity index (χ2v) is 3.93. The quantitative estimate of drug-likeness (QED) is 0.749. The molecule has 0 radical (unpaired) electrons. The van der Waals surface area contributed by atoms with Crippen LogP contribution in [0, 0.1) is 34.8 Å². The highest BCUT2D eigenvalue weighted by Gasteiger charge is 2.14. The van der Waals surface area contributed by atoms with Crippen molar-refractivity contribution in [1.29, 1.82) is 5.26 Å². The second-order valence-electron chi connectivity index (χ2n) is 3.93. The third-order valence-corrected chi connectivity index (χ3v) is 2.41. The molecule has 0 N–H and O–H groups in total. The predicted octanol–water partition coefficient (Wildman–Crippen LogP) is 3.30. The first-order valence-electron chi connectivity index (χ1n) is 4.88. The van der Waals surface area contributed by atoms with E-state index in [0.717, 1.165) is 12.1 Å². The highest BCUT2D eigenvalue weighted by molar-refractivity contribution is 5.19. The SMILES string of the molecule is CC(C)C(C#N)Cc1ccc(F)c(F)c1. The third-order valence-electron chi connectivity index (χ3n) is 2.41. The largest absolute Gasteiger partial charge is 0.204 e. The van der Waals surface area contributed by atoms with Gasteiger partial charge in [-0.25, -0.2) is 8.78 Å². The van der Waals surface area contributed by atoms with Gasteiger partial charge in [0.25, 0.3) is 0 Å². The first kappa shape index (κ1) is 11.6. The zero-order valence-corrected chi connectivity index (χ0v) is 8.80. The highest BCUT2D eigenvalue weighted by atomic mass is 19.2. The van der Waals surface area contributed by atoms with Crippen molar-refractivity contribution >= 4 is 0 Å². The van der Waals surface area contributed by atoms with Crippen molar-refractivity contribution in [2.45, 2.75) is 20.3 Å². The standard InChI is InChI=1S/C12H13F2N/c1-8(2)10(7-15)5-9-3-4-11(13)12(14)6-9/h3-4,6,8,10H,5H2,1-2H3. The maximum absolute atomic E-state index is 12.9. The van der Waals surface area contributed by atoms with Gasteiger partial charge in [-0.3, -0.25) is 0 Å². The van der Waals surface area contributed by atoms with E-state index in [-0.39, 0.29) is 11.8 Å². The van der Waals surface area contributed by atoms with E-state index in [0.29, 0.717) is 12.0 Å². The van der Waals surface area contributed by atoms with Gasteiger partial charge in [-0.2, -0.15) is 5.26 Å². The van der Waals surface area contributed by atoms with Gasteiger partial charge in [-0.05, 0) is 30.0 Å². The summed E-state index contributed by atoms with van der Waals surface area (Å²) in [6.45, 7) is 3.88. The van der Waals surface area contributed by atoms with Crippen LogP contribution < -0.4 is 0 Å². The predicted molar refractivity (Wildman–Crippen MR) is 54.0 cm³/mol. The molecule has 0 bridgehead atoms. The summed E-state index contributed by atoms with van der Waals surface area (Å²) in [5.41, 5.74) is 0.661. The van der Waals surface area contributed by atoms with Crippen LogP contribution in [0.4, 0.5) is 8.78 Å². The topological polar surface area (TPSA) is 23.8 Å². The van der Waals surface area contributed by atoms with E-state index in [1.54, 1.807) is 0 Å². The van der Waals surface area contributed by atoms with Gasteiger partial charge in [-0.1, -0.05) is 19.9 Å². The molecule has 0 saturated carbocycles. The molecule has 0 heterocycles. The molecule has 0 saturated heterocycles. The molecule has 80 valence electrons. The minimum Gasteiger partial charge on any atom is -0.204 e. The lowest BCUT2D eigenvalue weighted by Crippen LogP contribution is -2.09. The number of nitriles is 1. The molecular weight excluding hydrogens is 196 g/mol. The summed E-state index contributed by atoms with van der Waals surface area (Å²) in [4.78, 5) is 0. The average molecular weight is 209 g/mol. The summed E-state index contributed by atoms with van der Waals surface area (Å²) in [5.74, 6) is -1.65. The molecule has 3 heteroatoms. The normalized spacial score (nSPS) is 12.5. The van der Waals surface area contributed by atoms with Crippen LogP contribution in [0.3, 0.4) is 0 Å². The molecule has 0 aromatic heterocycles. The molecule has 0 fully saturated rings. The third kappa shape index (κ3) is 3.02. The Morgan fingerprint density at radius 1 is 1.27 bits per heavy atom. The fourth-order valence-corrected chi connectivity index (χ4v) is 1.35. The van der Waals surface area contributed by atoms with Gasteiger partial charge in [0.15, 0.2) is 11.6 Å². The first-order valence-corrected chi connectivity index (χ1v) is 4.88. The molecule has 0 amide bonds. The monoisotopic (exact) mass is 209 g/mol. The van der Waals surface area contributed by atoms with Gasteiger partial charge in [0.1, 0.15) is 0 Å². The molecule has 0 spiro atoms. The van der Waals surface area contributed by atoms with Crippen molar-refractivity contribution in [3.8, 4) is 6.07 Å². The minimum atomic E-state index is -0.854. The van der Waals surface area contributed by atoms with Crippen molar-refractivity contribution < 1.29 is 8.78 Å². The molecule has 0 aliphatic heterocycles. The van der Waals surface area contributed by atoms with E-state index < -0.39 is 11.6 Å². The van der Waals surface area contributed by atoms with Gasteiger partial charge in [-0.15, -0.1) is 0 Å². The Hall–Kier alpha value is -1.43. The van der Waals surface area contributed by atoms with Crippen molar-refractivity contribution in [3.63, 3.8) is 0 Å². The summed E-state index contributed by atoms with van der Waals surface area (Å²) in [6.07, 6.45) is 0.464. The number of hydrogen-bond acceptors (Lipinski definition) is 1. The maximum Gasteiger partial charge on any atom is 0.159 e. The van der Waals surface area contributed by atoms with E-state index in [4.69, 9.17) is 5.26 Å². The number of nitrogens with zero attached hydrogens (tertiary/aromatic N) is 1. The fourth-order valence-electron chi connectivity index (χ4n) is 1.35. The summed E-state index contributed by atoms with van der Waals surface area (Å²) in [7, 11) is 0. The lowest BCUT2D eigenvalue weighted by molar-refractivity contribution is 0.468. The summed E-state index contributed by atoms with van der Waals surface area (Å²) < 4.78 is 25.5. The molecule has 1 atom stereocenters. The number of benzene rings is 1. The van der Waals surface area contributed by atoms with Crippen LogP contribution in [0.1, 0.15) is 19.4 Å². The number of halogens is 2. The van der Waals surface area contributed by atoms with E-state index in [1.807, 2.05) is 13.8 Å². The van der Waals surface area contributed by atoms with Crippen molar-refractivity contribution in [2.24, 2.45) is 11.8 Å². The molecular formula is C12H13F2N. The van der Waals surface area contributed by atoms with Gasteiger partial charge in [0.05, 0.1) is 12.0 Å². The highest BCUT2D eigenvalue weighted by Crippen LogP contribution is 2.18. The van der Waals surface area contributed by atoms with Crippen LogP contribution in [0.2, 0.25) is 0 Å². The Morgan fingerprint density at radius 3 is 2.40 bits per heavy atom. The summed E-state index contributed by atoms with van der Waals surface area (Å²) in [5, 5.41) is 8.86. The summed E-state index contributed by atoms with van der Waals surface area (Å²) >= 11 is 0. The Labute approximate surface area is 88.3 Å².